The Labute approximate surface area is 175 Å². The molecule has 1 aliphatic rings. The van der Waals surface area contributed by atoms with Crippen LogP contribution >= 0.6 is 0 Å². The molecule has 0 aliphatic carbocycles. The molecule has 0 saturated carbocycles. The first kappa shape index (κ1) is 19.9. The molecule has 1 aliphatic heterocycles. The van der Waals surface area contributed by atoms with Crippen LogP contribution in [0.3, 0.4) is 0 Å². The summed E-state index contributed by atoms with van der Waals surface area (Å²) < 4.78 is 16.1. The average Bonchev–Trinajstić information content (AvgIpc) is 3.39. The molecule has 7 nitrogen and oxygen atoms in total. The molecule has 1 aromatic heterocycles. The number of benzene rings is 2. The largest absolute Gasteiger partial charge is 0.493 e. The van der Waals surface area contributed by atoms with E-state index in [2.05, 4.69) is 10.1 Å². The number of hydrogen-bond acceptors (Lipinski definition) is 6. The van der Waals surface area contributed by atoms with Crippen molar-refractivity contribution in [3.05, 3.63) is 59.5 Å². The summed E-state index contributed by atoms with van der Waals surface area (Å²) >= 11 is 0. The predicted octanol–water partition coefficient (Wildman–Crippen LogP) is 3.62. The van der Waals surface area contributed by atoms with Crippen molar-refractivity contribution in [3.8, 4) is 22.9 Å². The first-order valence-electron chi connectivity index (χ1n) is 9.97. The Kier molecular flexibility index (Phi) is 5.70. The highest BCUT2D eigenvalue weighted by molar-refractivity contribution is 5.79. The zero-order chi connectivity index (χ0) is 21.1. The summed E-state index contributed by atoms with van der Waals surface area (Å²) in [6.07, 6.45) is 1.12. The molecule has 0 bridgehead atoms. The number of hydrogen-bond donors (Lipinski definition) is 0. The summed E-state index contributed by atoms with van der Waals surface area (Å²) in [7, 11) is 3.23. The van der Waals surface area contributed by atoms with Gasteiger partial charge in [0.2, 0.25) is 17.6 Å². The summed E-state index contributed by atoms with van der Waals surface area (Å²) in [6, 6.07) is 13.7. The number of nitrogens with zero attached hydrogens (tertiary/aromatic N) is 3. The average molecular weight is 407 g/mol. The maximum Gasteiger partial charge on any atom is 0.232 e. The fraction of sp³-hybridized carbons (Fsp3) is 0.348. The third kappa shape index (κ3) is 4.01. The number of aryl methyl sites for hydroxylation is 1. The third-order valence-electron chi connectivity index (χ3n) is 5.51. The van der Waals surface area contributed by atoms with Gasteiger partial charge in [-0.1, -0.05) is 35.5 Å². The van der Waals surface area contributed by atoms with Crippen LogP contribution in [0.25, 0.3) is 11.4 Å². The van der Waals surface area contributed by atoms with E-state index in [0.29, 0.717) is 42.7 Å². The summed E-state index contributed by atoms with van der Waals surface area (Å²) in [4.78, 5) is 19.0. The number of carbonyl (C=O) groups is 1. The quantitative estimate of drug-likeness (QED) is 0.595. The van der Waals surface area contributed by atoms with Crippen LogP contribution < -0.4 is 9.47 Å². The van der Waals surface area contributed by atoms with Crippen molar-refractivity contribution < 1.29 is 18.8 Å². The lowest BCUT2D eigenvalue weighted by molar-refractivity contribution is -0.127. The third-order valence-corrected chi connectivity index (χ3v) is 5.51. The summed E-state index contributed by atoms with van der Waals surface area (Å²) in [6.45, 7) is 3.23. The van der Waals surface area contributed by atoms with Gasteiger partial charge in [-0.25, -0.2) is 0 Å². The van der Waals surface area contributed by atoms with Crippen molar-refractivity contribution in [1.82, 2.24) is 15.0 Å². The fourth-order valence-electron chi connectivity index (χ4n) is 3.79. The van der Waals surface area contributed by atoms with Crippen LogP contribution in [-0.2, 0) is 11.2 Å². The number of amides is 1. The minimum Gasteiger partial charge on any atom is -0.493 e. The van der Waals surface area contributed by atoms with Gasteiger partial charge in [-0.3, -0.25) is 4.79 Å². The van der Waals surface area contributed by atoms with Crippen molar-refractivity contribution in [2.45, 2.75) is 25.7 Å². The molecule has 1 atom stereocenters. The van der Waals surface area contributed by atoms with E-state index in [0.717, 1.165) is 23.1 Å². The Morgan fingerprint density at radius 3 is 2.70 bits per heavy atom. The maximum atomic E-state index is 12.5. The summed E-state index contributed by atoms with van der Waals surface area (Å²) in [5.74, 6) is 2.51. The van der Waals surface area contributed by atoms with Crippen molar-refractivity contribution in [2.24, 2.45) is 0 Å². The van der Waals surface area contributed by atoms with Gasteiger partial charge >= 0.3 is 0 Å². The van der Waals surface area contributed by atoms with Crippen LogP contribution in [0.2, 0.25) is 0 Å². The van der Waals surface area contributed by atoms with E-state index in [1.807, 2.05) is 54.3 Å². The molecule has 0 radical (unpaired) electrons. The molecule has 30 heavy (non-hydrogen) atoms. The van der Waals surface area contributed by atoms with Crippen LogP contribution in [0, 0.1) is 6.92 Å². The van der Waals surface area contributed by atoms with Gasteiger partial charge in [-0.2, -0.15) is 4.98 Å². The Morgan fingerprint density at radius 2 is 1.93 bits per heavy atom. The second-order valence-electron chi connectivity index (χ2n) is 7.45. The fourth-order valence-corrected chi connectivity index (χ4v) is 3.79. The topological polar surface area (TPSA) is 77.7 Å². The van der Waals surface area contributed by atoms with Crippen LogP contribution in [-0.4, -0.2) is 48.3 Å². The summed E-state index contributed by atoms with van der Waals surface area (Å²) in [5, 5.41) is 4.13. The Bertz CT molecular complexity index is 1050. The molecule has 0 spiro atoms. The van der Waals surface area contributed by atoms with Gasteiger partial charge in [0.25, 0.3) is 0 Å². The standard InChI is InChI=1S/C23H25N3O4/c1-15-6-4-5-7-18(15)22-24-23(30-25-22)17-13-21(27)26(14-17)11-10-16-8-9-19(28-2)20(12-16)29-3/h4-9,12,17H,10-11,13-14H2,1-3H3. The number of methoxy groups -OCH3 is 2. The van der Waals surface area contributed by atoms with Crippen molar-refractivity contribution in [1.29, 1.82) is 0 Å². The van der Waals surface area contributed by atoms with E-state index in [1.165, 1.54) is 0 Å². The molecule has 0 N–H and O–H groups in total. The smallest absolute Gasteiger partial charge is 0.232 e. The Hall–Kier alpha value is -3.35. The highest BCUT2D eigenvalue weighted by atomic mass is 16.5. The molecular weight excluding hydrogens is 382 g/mol. The minimum atomic E-state index is -0.0758. The molecule has 4 rings (SSSR count). The number of aromatic nitrogens is 2. The SMILES string of the molecule is COc1ccc(CCN2CC(c3nc(-c4ccccc4C)no3)CC2=O)cc1OC. The van der Waals surface area contributed by atoms with Crippen molar-refractivity contribution in [2.75, 3.05) is 27.3 Å². The predicted molar refractivity (Wildman–Crippen MR) is 112 cm³/mol. The molecule has 2 heterocycles. The van der Waals surface area contributed by atoms with Crippen LogP contribution in [0.1, 0.15) is 29.4 Å². The highest BCUT2D eigenvalue weighted by Gasteiger charge is 2.34. The zero-order valence-electron chi connectivity index (χ0n) is 17.4. The Morgan fingerprint density at radius 1 is 1.13 bits per heavy atom. The van der Waals surface area contributed by atoms with Gasteiger partial charge < -0.3 is 18.9 Å². The molecule has 156 valence electrons. The van der Waals surface area contributed by atoms with Gasteiger partial charge in [-0.05, 0) is 36.6 Å². The first-order valence-corrected chi connectivity index (χ1v) is 9.97. The molecular formula is C23H25N3O4. The van der Waals surface area contributed by atoms with E-state index >= 15 is 0 Å². The number of rotatable bonds is 7. The van der Waals surface area contributed by atoms with Crippen LogP contribution in [0.15, 0.2) is 47.0 Å². The number of likely N-dealkylation sites (tertiary alicyclic amines) is 1. The number of ether oxygens (including phenoxy) is 2. The van der Waals surface area contributed by atoms with Crippen LogP contribution in [0.5, 0.6) is 11.5 Å². The van der Waals surface area contributed by atoms with E-state index < -0.39 is 0 Å². The molecule has 1 amide bonds. The maximum absolute atomic E-state index is 12.5. The molecule has 3 aromatic rings. The minimum absolute atomic E-state index is 0.0758. The lowest BCUT2D eigenvalue weighted by Gasteiger charge is -2.16. The van der Waals surface area contributed by atoms with Gasteiger partial charge in [0.15, 0.2) is 11.5 Å². The molecule has 7 heteroatoms. The van der Waals surface area contributed by atoms with Crippen LogP contribution in [0.4, 0.5) is 0 Å². The second-order valence-corrected chi connectivity index (χ2v) is 7.45. The summed E-state index contributed by atoms with van der Waals surface area (Å²) in [5.41, 5.74) is 3.12. The van der Waals surface area contributed by atoms with Gasteiger partial charge in [0.1, 0.15) is 0 Å². The molecule has 1 unspecified atom stereocenters. The van der Waals surface area contributed by atoms with Gasteiger partial charge in [-0.15, -0.1) is 0 Å². The second kappa shape index (κ2) is 8.57. The van der Waals surface area contributed by atoms with Gasteiger partial charge in [0, 0.05) is 25.1 Å². The first-order chi connectivity index (χ1) is 14.6. The molecule has 1 fully saturated rings. The van der Waals surface area contributed by atoms with Crippen molar-refractivity contribution >= 4 is 5.91 Å². The molecule has 2 aromatic carbocycles. The Balaban J connectivity index is 1.41. The van der Waals surface area contributed by atoms with Crippen molar-refractivity contribution in [3.63, 3.8) is 0 Å². The van der Waals surface area contributed by atoms with E-state index in [9.17, 15) is 4.79 Å². The zero-order valence-corrected chi connectivity index (χ0v) is 17.4. The monoisotopic (exact) mass is 407 g/mol. The van der Waals surface area contributed by atoms with E-state index in [1.54, 1.807) is 14.2 Å². The van der Waals surface area contributed by atoms with E-state index in [4.69, 9.17) is 14.0 Å². The lowest BCUT2D eigenvalue weighted by Crippen LogP contribution is -2.27. The van der Waals surface area contributed by atoms with Gasteiger partial charge in [0.05, 0.1) is 20.1 Å². The van der Waals surface area contributed by atoms with E-state index in [-0.39, 0.29) is 11.8 Å². The lowest BCUT2D eigenvalue weighted by atomic mass is 10.1. The highest BCUT2D eigenvalue weighted by Crippen LogP contribution is 2.31. The molecule has 1 saturated heterocycles. The normalized spacial score (nSPS) is 16.2. The number of carbonyl (C=O) groups excluding carboxylic acids is 1.